The summed E-state index contributed by atoms with van der Waals surface area (Å²) in [6.07, 6.45) is 2.35. The van der Waals surface area contributed by atoms with Crippen molar-refractivity contribution in [3.63, 3.8) is 0 Å². The molecule has 2 aromatic carbocycles. The summed E-state index contributed by atoms with van der Waals surface area (Å²) >= 11 is 5.88. The van der Waals surface area contributed by atoms with E-state index in [1.54, 1.807) is 19.2 Å². The van der Waals surface area contributed by atoms with Gasteiger partial charge in [-0.1, -0.05) is 37.6 Å². The van der Waals surface area contributed by atoms with Gasteiger partial charge in [0.25, 0.3) is 0 Å². The maximum Gasteiger partial charge on any atom is 0.224 e. The number of H-pyrrole nitrogens is 1. The van der Waals surface area contributed by atoms with E-state index in [0.29, 0.717) is 18.0 Å². The number of ether oxygens (including phenoxy) is 1. The Bertz CT molecular complexity index is 913. The molecule has 0 spiro atoms. The van der Waals surface area contributed by atoms with E-state index in [0.717, 1.165) is 27.8 Å². The van der Waals surface area contributed by atoms with Crippen molar-refractivity contribution in [1.29, 1.82) is 0 Å². The molecule has 0 aliphatic heterocycles. The molecule has 0 saturated carbocycles. The minimum absolute atomic E-state index is 0.00202. The first-order valence-electron chi connectivity index (χ1n) is 8.56. The molecule has 4 nitrogen and oxygen atoms in total. The topological polar surface area (TPSA) is 54.1 Å². The number of carbonyl (C=O) groups is 1. The van der Waals surface area contributed by atoms with Crippen LogP contribution >= 0.6 is 11.6 Å². The van der Waals surface area contributed by atoms with Crippen molar-refractivity contribution >= 4 is 28.4 Å². The minimum atomic E-state index is -0.222. The van der Waals surface area contributed by atoms with E-state index in [-0.39, 0.29) is 11.3 Å². The Morgan fingerprint density at radius 2 is 1.92 bits per heavy atom. The summed E-state index contributed by atoms with van der Waals surface area (Å²) in [5, 5.41) is 4.83. The van der Waals surface area contributed by atoms with Gasteiger partial charge in [-0.3, -0.25) is 4.79 Å². The van der Waals surface area contributed by atoms with Crippen LogP contribution in [0.25, 0.3) is 10.9 Å². The van der Waals surface area contributed by atoms with Crippen LogP contribution in [0.15, 0.2) is 48.7 Å². The summed E-state index contributed by atoms with van der Waals surface area (Å²) in [6.45, 7) is 4.79. The highest BCUT2D eigenvalue weighted by atomic mass is 35.5. The molecule has 0 unspecified atom stereocenters. The fraction of sp³-hybridized carbons (Fsp3) is 0.286. The normalized spacial score (nSPS) is 11.5. The molecule has 0 radical (unpaired) electrons. The molecule has 0 saturated heterocycles. The summed E-state index contributed by atoms with van der Waals surface area (Å²) in [6, 6.07) is 13.3. The van der Waals surface area contributed by atoms with Gasteiger partial charge in [-0.2, -0.15) is 0 Å². The van der Waals surface area contributed by atoms with Gasteiger partial charge < -0.3 is 15.0 Å². The van der Waals surface area contributed by atoms with E-state index in [1.165, 1.54) is 0 Å². The predicted octanol–water partition coefficient (Wildman–Crippen LogP) is 4.47. The number of benzene rings is 2. The van der Waals surface area contributed by atoms with E-state index >= 15 is 0 Å². The lowest BCUT2D eigenvalue weighted by Gasteiger charge is -2.25. The molecule has 1 heterocycles. The monoisotopic (exact) mass is 370 g/mol. The molecule has 5 heteroatoms. The number of nitrogens with one attached hydrogen (secondary N) is 2. The lowest BCUT2D eigenvalue weighted by molar-refractivity contribution is -0.120. The van der Waals surface area contributed by atoms with Gasteiger partial charge >= 0.3 is 0 Å². The van der Waals surface area contributed by atoms with Gasteiger partial charge in [0.15, 0.2) is 0 Å². The third kappa shape index (κ3) is 4.02. The summed E-state index contributed by atoms with van der Waals surface area (Å²) in [7, 11) is 1.66. The highest BCUT2D eigenvalue weighted by molar-refractivity contribution is 6.30. The largest absolute Gasteiger partial charge is 0.497 e. The highest BCUT2D eigenvalue weighted by Gasteiger charge is 2.25. The van der Waals surface area contributed by atoms with E-state index in [9.17, 15) is 4.79 Å². The summed E-state index contributed by atoms with van der Waals surface area (Å²) in [5.41, 5.74) is 2.93. The fourth-order valence-electron chi connectivity index (χ4n) is 3.05. The van der Waals surface area contributed by atoms with Gasteiger partial charge in [0.1, 0.15) is 5.75 Å². The van der Waals surface area contributed by atoms with Crippen LogP contribution < -0.4 is 10.1 Å². The van der Waals surface area contributed by atoms with Crippen molar-refractivity contribution < 1.29 is 9.53 Å². The second-order valence-electron chi connectivity index (χ2n) is 7.08. The fourth-order valence-corrected chi connectivity index (χ4v) is 3.18. The maximum atomic E-state index is 12.3. The van der Waals surface area contributed by atoms with E-state index in [4.69, 9.17) is 16.3 Å². The molecule has 0 fully saturated rings. The van der Waals surface area contributed by atoms with E-state index in [2.05, 4.69) is 24.1 Å². The maximum absolute atomic E-state index is 12.3. The Morgan fingerprint density at radius 1 is 1.19 bits per heavy atom. The third-order valence-electron chi connectivity index (χ3n) is 4.62. The van der Waals surface area contributed by atoms with Crippen molar-refractivity contribution in [3.05, 3.63) is 64.8 Å². The predicted molar refractivity (Wildman–Crippen MR) is 106 cm³/mol. The van der Waals surface area contributed by atoms with Crippen LogP contribution in [0.5, 0.6) is 5.75 Å². The molecule has 0 bridgehead atoms. The van der Waals surface area contributed by atoms with Crippen LogP contribution in [0.2, 0.25) is 5.02 Å². The van der Waals surface area contributed by atoms with Gasteiger partial charge in [-0.25, -0.2) is 0 Å². The number of halogens is 1. The SMILES string of the molecule is COc1ccc2[nH]cc(C(C)(C)CNC(=O)Cc3ccc(Cl)cc3)c2c1. The molecule has 2 N–H and O–H groups in total. The van der Waals surface area contributed by atoms with Crippen LogP contribution in [-0.2, 0) is 16.6 Å². The quantitative estimate of drug-likeness (QED) is 0.672. The van der Waals surface area contributed by atoms with Crippen molar-refractivity contribution in [2.24, 2.45) is 0 Å². The molecule has 3 rings (SSSR count). The molecule has 3 aromatic rings. The molecule has 26 heavy (non-hydrogen) atoms. The standard InChI is InChI=1S/C21H23ClN2O2/c1-21(2,13-24-20(25)10-14-4-6-15(22)7-5-14)18-12-23-19-9-8-16(26-3)11-17(18)19/h4-9,11-12,23H,10,13H2,1-3H3,(H,24,25). The van der Waals surface area contributed by atoms with Crippen molar-refractivity contribution in [2.75, 3.05) is 13.7 Å². The lowest BCUT2D eigenvalue weighted by atomic mass is 9.84. The van der Waals surface area contributed by atoms with Gasteiger partial charge in [-0.05, 0) is 41.5 Å². The molecule has 1 aromatic heterocycles. The lowest BCUT2D eigenvalue weighted by Crippen LogP contribution is -2.37. The number of methoxy groups -OCH3 is 1. The zero-order valence-corrected chi connectivity index (χ0v) is 16.0. The van der Waals surface area contributed by atoms with Gasteiger partial charge in [0.2, 0.25) is 5.91 Å². The van der Waals surface area contributed by atoms with Crippen LogP contribution in [-0.4, -0.2) is 24.5 Å². The number of hydrogen-bond acceptors (Lipinski definition) is 2. The zero-order chi connectivity index (χ0) is 18.7. The minimum Gasteiger partial charge on any atom is -0.497 e. The van der Waals surface area contributed by atoms with E-state index in [1.807, 2.05) is 36.5 Å². The number of rotatable bonds is 6. The Balaban J connectivity index is 1.70. The number of fused-ring (bicyclic) bond motifs is 1. The highest BCUT2D eigenvalue weighted by Crippen LogP contribution is 2.32. The summed E-state index contributed by atoms with van der Waals surface area (Å²) in [5.74, 6) is 0.818. The van der Waals surface area contributed by atoms with Gasteiger partial charge in [-0.15, -0.1) is 0 Å². The first-order chi connectivity index (χ1) is 12.4. The van der Waals surface area contributed by atoms with Crippen molar-refractivity contribution in [2.45, 2.75) is 25.7 Å². The third-order valence-corrected chi connectivity index (χ3v) is 4.88. The van der Waals surface area contributed by atoms with Gasteiger partial charge in [0, 0.05) is 34.1 Å². The summed E-state index contributed by atoms with van der Waals surface area (Å²) < 4.78 is 5.34. The van der Waals surface area contributed by atoms with Crippen LogP contribution in [0.1, 0.15) is 25.0 Å². The molecule has 0 aliphatic rings. The molecule has 136 valence electrons. The second-order valence-corrected chi connectivity index (χ2v) is 7.51. The smallest absolute Gasteiger partial charge is 0.224 e. The molecular formula is C21H23ClN2O2. The number of carbonyl (C=O) groups excluding carboxylic acids is 1. The Kier molecular flexibility index (Phi) is 5.23. The first-order valence-corrected chi connectivity index (χ1v) is 8.93. The second kappa shape index (κ2) is 7.42. The number of aromatic nitrogens is 1. The zero-order valence-electron chi connectivity index (χ0n) is 15.2. The number of hydrogen-bond donors (Lipinski definition) is 2. The first kappa shape index (κ1) is 18.3. The van der Waals surface area contributed by atoms with Crippen molar-refractivity contribution in [1.82, 2.24) is 10.3 Å². The number of amides is 1. The molecule has 0 atom stereocenters. The van der Waals surface area contributed by atoms with Gasteiger partial charge in [0.05, 0.1) is 13.5 Å². The molecular weight excluding hydrogens is 348 g/mol. The molecule has 1 amide bonds. The van der Waals surface area contributed by atoms with Crippen molar-refractivity contribution in [3.8, 4) is 5.75 Å². The summed E-state index contributed by atoms with van der Waals surface area (Å²) in [4.78, 5) is 15.6. The Labute approximate surface area is 158 Å². The van der Waals surface area contributed by atoms with Crippen LogP contribution in [0.3, 0.4) is 0 Å². The number of aromatic amines is 1. The molecule has 0 aliphatic carbocycles. The Hall–Kier alpha value is -2.46. The van der Waals surface area contributed by atoms with E-state index < -0.39 is 0 Å². The van der Waals surface area contributed by atoms with Crippen LogP contribution in [0.4, 0.5) is 0 Å². The van der Waals surface area contributed by atoms with Crippen LogP contribution in [0, 0.1) is 0 Å². The Morgan fingerprint density at radius 3 is 2.62 bits per heavy atom. The average molecular weight is 371 g/mol. The average Bonchev–Trinajstić information content (AvgIpc) is 3.06.